The molecule has 0 atom stereocenters. The zero-order chi connectivity index (χ0) is 14.1. The molecule has 2 aliphatic rings. The third-order valence-corrected chi connectivity index (χ3v) is 4.81. The Morgan fingerprint density at radius 2 is 1.50 bits per heavy atom. The van der Waals surface area contributed by atoms with E-state index in [0.29, 0.717) is 0 Å². The number of aromatic nitrogens is 1. The van der Waals surface area contributed by atoms with Crippen molar-refractivity contribution in [1.82, 2.24) is 9.88 Å². The molecule has 3 rings (SSSR count). The lowest BCUT2D eigenvalue weighted by atomic mass is 9.84. The van der Waals surface area contributed by atoms with Crippen LogP contribution in [-0.2, 0) is 37.0 Å². The van der Waals surface area contributed by atoms with Crippen LogP contribution in [0.4, 0.5) is 0 Å². The maximum atomic E-state index is 11.6. The van der Waals surface area contributed by atoms with Gasteiger partial charge in [0.05, 0.1) is 0 Å². The van der Waals surface area contributed by atoms with Crippen LogP contribution in [0.25, 0.3) is 0 Å². The second-order valence-electron chi connectivity index (χ2n) is 6.23. The molecule has 0 bridgehead atoms. The summed E-state index contributed by atoms with van der Waals surface area (Å²) in [6.07, 6.45) is 9.61. The highest BCUT2D eigenvalue weighted by Gasteiger charge is 2.24. The van der Waals surface area contributed by atoms with E-state index in [1.807, 2.05) is 11.9 Å². The second-order valence-corrected chi connectivity index (χ2v) is 6.23. The van der Waals surface area contributed by atoms with Gasteiger partial charge in [0.1, 0.15) is 0 Å². The van der Waals surface area contributed by atoms with Crippen molar-refractivity contribution in [1.29, 1.82) is 0 Å². The number of carbonyl (C=O) groups is 1. The lowest BCUT2D eigenvalue weighted by molar-refractivity contribution is -0.128. The van der Waals surface area contributed by atoms with E-state index in [1.165, 1.54) is 53.8 Å². The Morgan fingerprint density at radius 3 is 2.00 bits per heavy atom. The Hall–Kier alpha value is -1.38. The van der Waals surface area contributed by atoms with E-state index in [4.69, 9.17) is 4.98 Å². The van der Waals surface area contributed by atoms with Gasteiger partial charge in [0, 0.05) is 31.9 Å². The first-order valence-electron chi connectivity index (χ1n) is 7.91. The molecule has 0 aliphatic heterocycles. The van der Waals surface area contributed by atoms with Crippen LogP contribution >= 0.6 is 0 Å². The lowest BCUT2D eigenvalue weighted by Gasteiger charge is -2.28. The van der Waals surface area contributed by atoms with Crippen LogP contribution in [0.3, 0.4) is 0 Å². The van der Waals surface area contributed by atoms with E-state index in [2.05, 4.69) is 0 Å². The highest BCUT2D eigenvalue weighted by Crippen LogP contribution is 2.32. The van der Waals surface area contributed by atoms with Crippen LogP contribution in [0.2, 0.25) is 0 Å². The van der Waals surface area contributed by atoms with Gasteiger partial charge in [-0.25, -0.2) is 0 Å². The zero-order valence-corrected chi connectivity index (χ0v) is 12.7. The SMILES string of the molecule is CC(=O)N(C)Cc1c2c(nc3c1CCCC3)CCCC2. The van der Waals surface area contributed by atoms with Gasteiger partial charge in [-0.3, -0.25) is 9.78 Å². The maximum absolute atomic E-state index is 11.6. The number of rotatable bonds is 2. The molecule has 108 valence electrons. The molecule has 1 heterocycles. The minimum Gasteiger partial charge on any atom is -0.342 e. The van der Waals surface area contributed by atoms with Crippen molar-refractivity contribution < 1.29 is 4.79 Å². The smallest absolute Gasteiger partial charge is 0.219 e. The Balaban J connectivity index is 2.06. The fourth-order valence-corrected chi connectivity index (χ4v) is 3.56. The molecule has 1 amide bonds. The molecule has 0 aromatic carbocycles. The highest BCUT2D eigenvalue weighted by molar-refractivity contribution is 5.73. The van der Waals surface area contributed by atoms with Crippen molar-refractivity contribution >= 4 is 5.91 Å². The maximum Gasteiger partial charge on any atom is 0.219 e. The van der Waals surface area contributed by atoms with E-state index in [0.717, 1.165) is 32.2 Å². The Bertz CT molecular complexity index is 502. The first-order chi connectivity index (χ1) is 9.66. The van der Waals surface area contributed by atoms with Gasteiger partial charge in [-0.15, -0.1) is 0 Å². The molecule has 3 nitrogen and oxygen atoms in total. The van der Waals surface area contributed by atoms with Gasteiger partial charge < -0.3 is 4.90 Å². The van der Waals surface area contributed by atoms with E-state index < -0.39 is 0 Å². The standard InChI is InChI=1S/C17H24N2O/c1-12(20)19(2)11-15-13-7-3-5-9-16(13)18-17-10-6-4-8-14(15)17/h3-11H2,1-2H3. The summed E-state index contributed by atoms with van der Waals surface area (Å²) in [6, 6.07) is 0. The minimum absolute atomic E-state index is 0.149. The summed E-state index contributed by atoms with van der Waals surface area (Å²) in [4.78, 5) is 18.4. The third kappa shape index (κ3) is 2.46. The summed E-state index contributed by atoms with van der Waals surface area (Å²) in [7, 11) is 1.91. The molecule has 20 heavy (non-hydrogen) atoms. The zero-order valence-electron chi connectivity index (χ0n) is 12.7. The number of carbonyl (C=O) groups excluding carboxylic acids is 1. The van der Waals surface area contributed by atoms with Crippen LogP contribution in [0.15, 0.2) is 0 Å². The summed E-state index contributed by atoms with van der Waals surface area (Å²) in [5.74, 6) is 0.149. The number of hydrogen-bond donors (Lipinski definition) is 0. The van der Waals surface area contributed by atoms with Crippen molar-refractivity contribution in [2.75, 3.05) is 7.05 Å². The van der Waals surface area contributed by atoms with Crippen LogP contribution in [-0.4, -0.2) is 22.8 Å². The molecular weight excluding hydrogens is 248 g/mol. The van der Waals surface area contributed by atoms with Gasteiger partial charge in [-0.2, -0.15) is 0 Å². The van der Waals surface area contributed by atoms with Crippen molar-refractivity contribution in [2.45, 2.75) is 64.8 Å². The number of pyridine rings is 1. The monoisotopic (exact) mass is 272 g/mol. The lowest BCUT2D eigenvalue weighted by Crippen LogP contribution is -2.27. The molecule has 3 heteroatoms. The average Bonchev–Trinajstić information content (AvgIpc) is 2.46. The quantitative estimate of drug-likeness (QED) is 0.829. The molecule has 0 N–H and O–H groups in total. The number of fused-ring (bicyclic) bond motifs is 2. The summed E-state index contributed by atoms with van der Waals surface area (Å²) < 4.78 is 0. The summed E-state index contributed by atoms with van der Waals surface area (Å²) in [5.41, 5.74) is 7.00. The Kier molecular flexibility index (Phi) is 3.77. The number of aryl methyl sites for hydroxylation is 2. The fraction of sp³-hybridized carbons (Fsp3) is 0.647. The Morgan fingerprint density at radius 1 is 1.00 bits per heavy atom. The van der Waals surface area contributed by atoms with Crippen LogP contribution in [0.5, 0.6) is 0 Å². The number of nitrogens with zero attached hydrogens (tertiary/aromatic N) is 2. The summed E-state index contributed by atoms with van der Waals surface area (Å²) in [5, 5.41) is 0. The average molecular weight is 272 g/mol. The van der Waals surface area contributed by atoms with Crippen LogP contribution < -0.4 is 0 Å². The molecule has 0 radical (unpaired) electrons. The fourth-order valence-electron chi connectivity index (χ4n) is 3.56. The van der Waals surface area contributed by atoms with Crippen molar-refractivity contribution in [2.24, 2.45) is 0 Å². The van der Waals surface area contributed by atoms with Gasteiger partial charge in [0.15, 0.2) is 0 Å². The van der Waals surface area contributed by atoms with E-state index in [9.17, 15) is 4.79 Å². The van der Waals surface area contributed by atoms with E-state index in [1.54, 1.807) is 6.92 Å². The van der Waals surface area contributed by atoms with Crippen molar-refractivity contribution in [3.8, 4) is 0 Å². The molecule has 0 spiro atoms. The predicted octanol–water partition coefficient (Wildman–Crippen LogP) is 2.82. The molecular formula is C17H24N2O. The second kappa shape index (κ2) is 5.55. The van der Waals surface area contributed by atoms with Gasteiger partial charge in [0.25, 0.3) is 0 Å². The van der Waals surface area contributed by atoms with Gasteiger partial charge in [-0.1, -0.05) is 0 Å². The molecule has 0 saturated carbocycles. The van der Waals surface area contributed by atoms with E-state index >= 15 is 0 Å². The molecule has 0 saturated heterocycles. The molecule has 1 aromatic rings. The minimum atomic E-state index is 0.149. The van der Waals surface area contributed by atoms with Crippen LogP contribution in [0, 0.1) is 0 Å². The molecule has 2 aliphatic carbocycles. The largest absolute Gasteiger partial charge is 0.342 e. The third-order valence-electron chi connectivity index (χ3n) is 4.81. The normalized spacial score (nSPS) is 17.3. The van der Waals surface area contributed by atoms with Crippen molar-refractivity contribution in [3.05, 3.63) is 28.1 Å². The number of amides is 1. The van der Waals surface area contributed by atoms with E-state index in [-0.39, 0.29) is 5.91 Å². The Labute approximate surface area is 121 Å². The van der Waals surface area contributed by atoms with Gasteiger partial charge in [0.2, 0.25) is 5.91 Å². The van der Waals surface area contributed by atoms with Crippen LogP contribution in [0.1, 0.15) is 60.7 Å². The highest BCUT2D eigenvalue weighted by atomic mass is 16.2. The summed E-state index contributed by atoms with van der Waals surface area (Å²) in [6.45, 7) is 2.42. The molecule has 0 fully saturated rings. The number of hydrogen-bond acceptors (Lipinski definition) is 2. The first-order valence-corrected chi connectivity index (χ1v) is 7.91. The molecule has 1 aromatic heterocycles. The summed E-state index contributed by atoms with van der Waals surface area (Å²) >= 11 is 0. The molecule has 0 unspecified atom stereocenters. The van der Waals surface area contributed by atoms with Crippen molar-refractivity contribution in [3.63, 3.8) is 0 Å². The topological polar surface area (TPSA) is 33.2 Å². The van der Waals surface area contributed by atoms with Gasteiger partial charge in [-0.05, 0) is 68.1 Å². The predicted molar refractivity (Wildman–Crippen MR) is 79.7 cm³/mol. The first kappa shape index (κ1) is 13.6. The van der Waals surface area contributed by atoms with Gasteiger partial charge >= 0.3 is 0 Å².